The first-order chi connectivity index (χ1) is 5.19. The topological polar surface area (TPSA) is 40.5 Å². The SMILES string of the molecule is C#CCC1(O)CCCCC1O. The van der Waals surface area contributed by atoms with E-state index in [0.29, 0.717) is 12.8 Å². The van der Waals surface area contributed by atoms with Gasteiger partial charge in [-0.25, -0.2) is 0 Å². The quantitative estimate of drug-likeness (QED) is 0.545. The number of aliphatic hydroxyl groups excluding tert-OH is 1. The number of rotatable bonds is 1. The maximum absolute atomic E-state index is 9.75. The van der Waals surface area contributed by atoms with Crippen LogP contribution in [0.15, 0.2) is 0 Å². The van der Waals surface area contributed by atoms with Gasteiger partial charge in [0.05, 0.1) is 6.10 Å². The lowest BCUT2D eigenvalue weighted by atomic mass is 9.80. The summed E-state index contributed by atoms with van der Waals surface area (Å²) in [7, 11) is 0. The van der Waals surface area contributed by atoms with Gasteiger partial charge in [-0.05, 0) is 12.8 Å². The molecule has 0 bridgehead atoms. The van der Waals surface area contributed by atoms with E-state index in [0.717, 1.165) is 12.8 Å². The van der Waals surface area contributed by atoms with Crippen LogP contribution in [-0.2, 0) is 0 Å². The molecular formula is C9H14O2. The molecule has 2 N–H and O–H groups in total. The standard InChI is InChI=1S/C9H14O2/c1-2-6-9(11)7-4-3-5-8(9)10/h1,8,10-11H,3-7H2. The highest BCUT2D eigenvalue weighted by molar-refractivity contribution is 5.00. The third kappa shape index (κ3) is 1.74. The highest BCUT2D eigenvalue weighted by Crippen LogP contribution is 2.30. The first-order valence-electron chi connectivity index (χ1n) is 4.03. The summed E-state index contributed by atoms with van der Waals surface area (Å²) in [5, 5.41) is 19.2. The second kappa shape index (κ2) is 3.25. The molecule has 1 rings (SSSR count). The molecule has 0 aromatic rings. The molecule has 0 amide bonds. The van der Waals surface area contributed by atoms with Crippen LogP contribution < -0.4 is 0 Å². The van der Waals surface area contributed by atoms with Crippen molar-refractivity contribution in [2.75, 3.05) is 0 Å². The molecule has 0 spiro atoms. The Morgan fingerprint density at radius 3 is 2.82 bits per heavy atom. The lowest BCUT2D eigenvalue weighted by molar-refractivity contribution is -0.0958. The summed E-state index contributed by atoms with van der Waals surface area (Å²) in [6, 6.07) is 0. The molecule has 1 aliphatic rings. The van der Waals surface area contributed by atoms with Gasteiger partial charge in [0.25, 0.3) is 0 Å². The van der Waals surface area contributed by atoms with E-state index in [-0.39, 0.29) is 6.42 Å². The maximum Gasteiger partial charge on any atom is 0.101 e. The Kier molecular flexibility index (Phi) is 2.53. The predicted octanol–water partition coefficient (Wildman–Crippen LogP) is 0.676. The molecule has 1 fully saturated rings. The monoisotopic (exact) mass is 154 g/mol. The molecule has 11 heavy (non-hydrogen) atoms. The summed E-state index contributed by atoms with van der Waals surface area (Å²) in [6.45, 7) is 0. The fourth-order valence-corrected chi connectivity index (χ4v) is 1.59. The van der Waals surface area contributed by atoms with Crippen LogP contribution in [0.5, 0.6) is 0 Å². The summed E-state index contributed by atoms with van der Waals surface area (Å²) in [4.78, 5) is 0. The first kappa shape index (κ1) is 8.58. The molecule has 0 heterocycles. The average molecular weight is 154 g/mol. The van der Waals surface area contributed by atoms with E-state index >= 15 is 0 Å². The third-order valence-corrected chi connectivity index (χ3v) is 2.37. The van der Waals surface area contributed by atoms with E-state index < -0.39 is 11.7 Å². The van der Waals surface area contributed by atoms with Crippen LogP contribution in [0.3, 0.4) is 0 Å². The second-order valence-corrected chi connectivity index (χ2v) is 3.25. The summed E-state index contributed by atoms with van der Waals surface area (Å²) in [5.41, 5.74) is -0.993. The van der Waals surface area contributed by atoms with E-state index in [1.807, 2.05) is 0 Å². The van der Waals surface area contributed by atoms with Gasteiger partial charge in [-0.2, -0.15) is 0 Å². The molecule has 2 atom stereocenters. The lowest BCUT2D eigenvalue weighted by Crippen LogP contribution is -2.44. The van der Waals surface area contributed by atoms with Crippen molar-refractivity contribution < 1.29 is 10.2 Å². The number of terminal acetylenes is 1. The fraction of sp³-hybridized carbons (Fsp3) is 0.778. The summed E-state index contributed by atoms with van der Waals surface area (Å²) >= 11 is 0. The van der Waals surface area contributed by atoms with E-state index in [1.165, 1.54) is 0 Å². The molecule has 0 radical (unpaired) electrons. The zero-order valence-corrected chi connectivity index (χ0v) is 6.58. The number of hydrogen-bond acceptors (Lipinski definition) is 2. The van der Waals surface area contributed by atoms with Gasteiger partial charge in [-0.1, -0.05) is 12.8 Å². The average Bonchev–Trinajstić information content (AvgIpc) is 1.96. The minimum absolute atomic E-state index is 0.272. The number of aliphatic hydroxyl groups is 2. The van der Waals surface area contributed by atoms with Crippen LogP contribution in [0.2, 0.25) is 0 Å². The second-order valence-electron chi connectivity index (χ2n) is 3.25. The molecular weight excluding hydrogens is 140 g/mol. The molecule has 2 heteroatoms. The Morgan fingerprint density at radius 2 is 2.27 bits per heavy atom. The van der Waals surface area contributed by atoms with Gasteiger partial charge < -0.3 is 10.2 Å². The van der Waals surface area contributed by atoms with E-state index in [1.54, 1.807) is 0 Å². The van der Waals surface area contributed by atoms with Crippen molar-refractivity contribution in [1.29, 1.82) is 0 Å². The molecule has 1 saturated carbocycles. The van der Waals surface area contributed by atoms with Crippen molar-refractivity contribution >= 4 is 0 Å². The molecule has 0 saturated heterocycles. The summed E-state index contributed by atoms with van der Waals surface area (Å²) in [5.74, 6) is 2.40. The van der Waals surface area contributed by atoms with Gasteiger partial charge in [0.2, 0.25) is 0 Å². The maximum atomic E-state index is 9.75. The first-order valence-corrected chi connectivity index (χ1v) is 4.03. The lowest BCUT2D eigenvalue weighted by Gasteiger charge is -2.35. The fourth-order valence-electron chi connectivity index (χ4n) is 1.59. The van der Waals surface area contributed by atoms with Gasteiger partial charge in [0.1, 0.15) is 5.60 Å². The van der Waals surface area contributed by atoms with Crippen molar-refractivity contribution in [1.82, 2.24) is 0 Å². The number of hydrogen-bond donors (Lipinski definition) is 2. The molecule has 0 aromatic heterocycles. The Bertz CT molecular complexity index is 171. The van der Waals surface area contributed by atoms with Crippen molar-refractivity contribution in [2.24, 2.45) is 0 Å². The Labute approximate surface area is 67.2 Å². The highest BCUT2D eigenvalue weighted by atomic mass is 16.3. The normalized spacial score (nSPS) is 38.1. The Morgan fingerprint density at radius 1 is 1.55 bits per heavy atom. The van der Waals surface area contributed by atoms with Crippen molar-refractivity contribution in [3.8, 4) is 12.3 Å². The van der Waals surface area contributed by atoms with Gasteiger partial charge in [0.15, 0.2) is 0 Å². The van der Waals surface area contributed by atoms with Crippen LogP contribution in [0.25, 0.3) is 0 Å². The summed E-state index contributed by atoms with van der Waals surface area (Å²) in [6.07, 6.45) is 8.02. The zero-order valence-electron chi connectivity index (χ0n) is 6.58. The molecule has 62 valence electrons. The van der Waals surface area contributed by atoms with Crippen LogP contribution >= 0.6 is 0 Å². The van der Waals surface area contributed by atoms with Gasteiger partial charge in [-0.3, -0.25) is 0 Å². The molecule has 0 aromatic carbocycles. The molecule has 1 aliphatic carbocycles. The largest absolute Gasteiger partial charge is 0.390 e. The third-order valence-electron chi connectivity index (χ3n) is 2.37. The van der Waals surface area contributed by atoms with Gasteiger partial charge in [0, 0.05) is 6.42 Å². The molecule has 2 unspecified atom stereocenters. The van der Waals surface area contributed by atoms with E-state index in [4.69, 9.17) is 6.42 Å². The van der Waals surface area contributed by atoms with E-state index in [9.17, 15) is 10.2 Å². The molecule has 0 aliphatic heterocycles. The van der Waals surface area contributed by atoms with Crippen LogP contribution in [-0.4, -0.2) is 21.9 Å². The highest BCUT2D eigenvalue weighted by Gasteiger charge is 2.36. The Balaban J connectivity index is 2.58. The minimum atomic E-state index is -0.993. The summed E-state index contributed by atoms with van der Waals surface area (Å²) < 4.78 is 0. The Hall–Kier alpha value is -0.520. The smallest absolute Gasteiger partial charge is 0.101 e. The predicted molar refractivity (Wildman–Crippen MR) is 42.9 cm³/mol. The van der Waals surface area contributed by atoms with Gasteiger partial charge >= 0.3 is 0 Å². The zero-order chi connectivity index (χ0) is 8.32. The van der Waals surface area contributed by atoms with Gasteiger partial charge in [-0.15, -0.1) is 12.3 Å². The molecule has 2 nitrogen and oxygen atoms in total. The van der Waals surface area contributed by atoms with Crippen molar-refractivity contribution in [2.45, 2.75) is 43.8 Å². The van der Waals surface area contributed by atoms with Crippen LogP contribution in [0, 0.1) is 12.3 Å². The minimum Gasteiger partial charge on any atom is -0.390 e. The van der Waals surface area contributed by atoms with Crippen LogP contribution in [0.1, 0.15) is 32.1 Å². The van der Waals surface area contributed by atoms with Crippen molar-refractivity contribution in [3.63, 3.8) is 0 Å². The van der Waals surface area contributed by atoms with E-state index in [2.05, 4.69) is 5.92 Å². The van der Waals surface area contributed by atoms with Crippen LogP contribution in [0.4, 0.5) is 0 Å². The van der Waals surface area contributed by atoms with Crippen molar-refractivity contribution in [3.05, 3.63) is 0 Å².